The Labute approximate surface area is 171 Å². The molecule has 0 saturated heterocycles. The van der Waals surface area contributed by atoms with Crippen LogP contribution in [0.3, 0.4) is 0 Å². The van der Waals surface area contributed by atoms with Gasteiger partial charge in [-0.25, -0.2) is 9.36 Å². The molecule has 1 aliphatic heterocycles. The Kier molecular flexibility index (Phi) is 4.99. The number of fused-ring (bicyclic) bond motifs is 1. The van der Waals surface area contributed by atoms with E-state index in [0.29, 0.717) is 15.2 Å². The zero-order chi connectivity index (χ0) is 21.9. The van der Waals surface area contributed by atoms with Gasteiger partial charge in [0.15, 0.2) is 5.75 Å². The molecule has 12 heteroatoms. The second-order valence-corrected chi connectivity index (χ2v) is 7.48. The number of nitrogens with zero attached hydrogens (tertiary/aromatic N) is 3. The lowest BCUT2D eigenvalue weighted by atomic mass is 9.98. The Morgan fingerprint density at radius 2 is 1.79 bits per heavy atom. The van der Waals surface area contributed by atoms with Gasteiger partial charge in [0, 0.05) is 13.1 Å². The summed E-state index contributed by atoms with van der Waals surface area (Å²) in [6.07, 6.45) is -4.89. The van der Waals surface area contributed by atoms with Crippen molar-refractivity contribution in [2.45, 2.75) is 25.6 Å². The topological polar surface area (TPSA) is 74.8 Å². The highest BCUT2D eigenvalue weighted by Gasteiger charge is 2.43. The first-order valence-electron chi connectivity index (χ1n) is 8.05. The third-order valence-electron chi connectivity index (χ3n) is 4.34. The minimum absolute atomic E-state index is 0.0674. The number of ether oxygens (including phenoxy) is 1. The van der Waals surface area contributed by atoms with Crippen LogP contribution in [0.15, 0.2) is 26.9 Å². The lowest BCUT2D eigenvalue weighted by molar-refractivity contribution is -0.144. The van der Waals surface area contributed by atoms with E-state index < -0.39 is 28.7 Å². The van der Waals surface area contributed by atoms with Gasteiger partial charge in [-0.1, -0.05) is 28.4 Å². The zero-order valence-corrected chi connectivity index (χ0v) is 17.0. The molecule has 1 aromatic heterocycles. The number of rotatable bonds is 2. The smallest absolute Gasteiger partial charge is 0.431 e. The van der Waals surface area contributed by atoms with E-state index in [-0.39, 0.29) is 32.8 Å². The minimum Gasteiger partial charge on any atom is -0.478 e. The molecule has 1 aliphatic rings. The predicted octanol–water partition coefficient (Wildman–Crippen LogP) is 3.38. The van der Waals surface area contributed by atoms with Crippen molar-refractivity contribution in [2.24, 2.45) is 12.2 Å². The summed E-state index contributed by atoms with van der Waals surface area (Å²) in [7, 11) is 2.20. The highest BCUT2D eigenvalue weighted by molar-refractivity contribution is 6.39. The fraction of sp³-hybridized carbons (Fsp3) is 0.353. The van der Waals surface area contributed by atoms with Crippen LogP contribution in [0.2, 0.25) is 10.0 Å². The largest absolute Gasteiger partial charge is 0.478 e. The summed E-state index contributed by atoms with van der Waals surface area (Å²) in [6.45, 7) is 3.26. The van der Waals surface area contributed by atoms with E-state index in [1.807, 2.05) is 0 Å². The highest BCUT2D eigenvalue weighted by Crippen LogP contribution is 2.46. The molecule has 0 aliphatic carbocycles. The van der Waals surface area contributed by atoms with Crippen molar-refractivity contribution in [3.05, 3.63) is 54.3 Å². The molecule has 7 nitrogen and oxygen atoms in total. The third kappa shape index (κ3) is 3.29. The van der Waals surface area contributed by atoms with Crippen molar-refractivity contribution in [2.75, 3.05) is 7.11 Å². The Bertz CT molecular complexity index is 1170. The van der Waals surface area contributed by atoms with Crippen LogP contribution in [0.5, 0.6) is 5.75 Å². The number of halogens is 5. The number of benzene rings is 1. The first kappa shape index (κ1) is 21.3. The molecular weight excluding hydrogens is 438 g/mol. The van der Waals surface area contributed by atoms with E-state index in [0.717, 1.165) is 7.05 Å². The molecule has 0 radical (unpaired) electrons. The van der Waals surface area contributed by atoms with Crippen molar-refractivity contribution in [1.29, 1.82) is 0 Å². The fourth-order valence-corrected chi connectivity index (χ4v) is 3.69. The number of hydrogen-bond donors (Lipinski definition) is 0. The van der Waals surface area contributed by atoms with Crippen LogP contribution in [0.1, 0.15) is 25.1 Å². The Morgan fingerprint density at radius 1 is 1.17 bits per heavy atom. The minimum atomic E-state index is -4.89. The van der Waals surface area contributed by atoms with Crippen LogP contribution in [0.25, 0.3) is 5.69 Å². The normalized spacial score (nSPS) is 16.7. The third-order valence-corrected chi connectivity index (χ3v) is 4.93. The van der Waals surface area contributed by atoms with E-state index in [1.165, 1.54) is 13.2 Å². The molecule has 0 bridgehead atoms. The number of aromatic nitrogens is 2. The van der Waals surface area contributed by atoms with Crippen LogP contribution in [0, 0.1) is 0 Å². The molecule has 156 valence electrons. The average molecular weight is 452 g/mol. The van der Waals surface area contributed by atoms with Crippen LogP contribution in [0.4, 0.5) is 13.2 Å². The summed E-state index contributed by atoms with van der Waals surface area (Å²) in [6, 6.07) is 1.56. The molecule has 0 fully saturated rings. The van der Waals surface area contributed by atoms with E-state index in [4.69, 9.17) is 32.8 Å². The Morgan fingerprint density at radius 3 is 2.34 bits per heavy atom. The molecule has 0 amide bonds. The van der Waals surface area contributed by atoms with Gasteiger partial charge in [-0.15, -0.1) is 0 Å². The average Bonchev–Trinajstić information content (AvgIpc) is 2.84. The van der Waals surface area contributed by atoms with Gasteiger partial charge < -0.3 is 9.57 Å². The van der Waals surface area contributed by atoms with Gasteiger partial charge >= 0.3 is 11.9 Å². The van der Waals surface area contributed by atoms with E-state index in [2.05, 4.69) is 5.16 Å². The second kappa shape index (κ2) is 6.81. The molecule has 1 aromatic carbocycles. The first-order valence-corrected chi connectivity index (χ1v) is 8.80. The summed E-state index contributed by atoms with van der Waals surface area (Å²) in [5.41, 5.74) is -4.72. The van der Waals surface area contributed by atoms with Gasteiger partial charge in [-0.2, -0.15) is 13.2 Å². The molecule has 3 rings (SSSR count). The molecule has 29 heavy (non-hydrogen) atoms. The molecule has 0 spiro atoms. The molecule has 0 N–H and O–H groups in total. The molecule has 0 saturated carbocycles. The standard InChI is InChI=1S/C17H14Cl2F3N3O4/c1-16(2)14(23-28-4)11-7(18)5-8(19)12(13(11)29-16)25-10(26)6-9(17(20,21)22)24(3)15(25)27/h5-6H,1-4H3/b23-14-. The summed E-state index contributed by atoms with van der Waals surface area (Å²) < 4.78 is 46.0. The van der Waals surface area contributed by atoms with Gasteiger partial charge in [0.25, 0.3) is 5.56 Å². The van der Waals surface area contributed by atoms with Crippen molar-refractivity contribution < 1.29 is 22.7 Å². The number of oxime groups is 1. The van der Waals surface area contributed by atoms with Gasteiger partial charge in [-0.05, 0) is 19.9 Å². The summed E-state index contributed by atoms with van der Waals surface area (Å²) in [5, 5.41) is 3.84. The van der Waals surface area contributed by atoms with Gasteiger partial charge in [0.2, 0.25) is 0 Å². The van der Waals surface area contributed by atoms with E-state index in [1.54, 1.807) is 13.8 Å². The lowest BCUT2D eigenvalue weighted by Gasteiger charge is -2.19. The quantitative estimate of drug-likeness (QED) is 0.655. The zero-order valence-electron chi connectivity index (χ0n) is 15.5. The van der Waals surface area contributed by atoms with Crippen LogP contribution in [-0.4, -0.2) is 27.6 Å². The number of hydrogen-bond acceptors (Lipinski definition) is 5. The van der Waals surface area contributed by atoms with Crippen molar-refractivity contribution in [1.82, 2.24) is 9.13 Å². The van der Waals surface area contributed by atoms with Crippen LogP contribution >= 0.6 is 23.2 Å². The summed E-state index contributed by atoms with van der Waals surface area (Å²) >= 11 is 12.5. The van der Waals surface area contributed by atoms with Crippen molar-refractivity contribution in [3.63, 3.8) is 0 Å². The Balaban J connectivity index is 2.43. The molecule has 2 heterocycles. The molecule has 2 aromatic rings. The van der Waals surface area contributed by atoms with Gasteiger partial charge in [-0.3, -0.25) is 9.36 Å². The molecular formula is C17H14Cl2F3N3O4. The monoisotopic (exact) mass is 451 g/mol. The maximum absolute atomic E-state index is 13.1. The number of alkyl halides is 3. The molecule has 0 unspecified atom stereocenters. The lowest BCUT2D eigenvalue weighted by Crippen LogP contribution is -2.41. The van der Waals surface area contributed by atoms with E-state index >= 15 is 0 Å². The van der Waals surface area contributed by atoms with Crippen molar-refractivity contribution >= 4 is 28.9 Å². The van der Waals surface area contributed by atoms with Gasteiger partial charge in [0.1, 0.15) is 29.8 Å². The summed E-state index contributed by atoms with van der Waals surface area (Å²) in [5.74, 6) is -0.0674. The van der Waals surface area contributed by atoms with Gasteiger partial charge in [0.05, 0.1) is 15.6 Å². The Hall–Kier alpha value is -2.46. The maximum atomic E-state index is 13.1. The van der Waals surface area contributed by atoms with Crippen LogP contribution in [-0.2, 0) is 18.1 Å². The predicted molar refractivity (Wildman–Crippen MR) is 101 cm³/mol. The van der Waals surface area contributed by atoms with E-state index in [9.17, 15) is 22.8 Å². The summed E-state index contributed by atoms with van der Waals surface area (Å²) in [4.78, 5) is 30.0. The highest BCUT2D eigenvalue weighted by atomic mass is 35.5. The maximum Gasteiger partial charge on any atom is 0.431 e. The first-order chi connectivity index (χ1) is 13.3. The van der Waals surface area contributed by atoms with Crippen LogP contribution < -0.4 is 16.0 Å². The SMILES string of the molecule is CO/N=C1/c2c(Cl)cc(Cl)c(-n3c(=O)cc(C(F)(F)F)n(C)c3=O)c2OC1(C)C. The van der Waals surface area contributed by atoms with Crippen molar-refractivity contribution in [3.8, 4) is 11.4 Å². The molecule has 0 atom stereocenters. The second-order valence-electron chi connectivity index (χ2n) is 6.67. The fourth-order valence-electron chi connectivity index (χ4n) is 3.07.